The van der Waals surface area contributed by atoms with Crippen LogP contribution >= 0.6 is 12.4 Å². The summed E-state index contributed by atoms with van der Waals surface area (Å²) in [5.41, 5.74) is -1.45. The molecule has 0 saturated carbocycles. The van der Waals surface area contributed by atoms with Gasteiger partial charge in [0.15, 0.2) is 0 Å². The normalized spacial score (nSPS) is 16.2. The molecule has 0 aliphatic rings. The third-order valence-electron chi connectivity index (χ3n) is 2.34. The summed E-state index contributed by atoms with van der Waals surface area (Å²) in [5.74, 6) is 0. The maximum absolute atomic E-state index is 12.3. The van der Waals surface area contributed by atoms with Crippen LogP contribution < -0.4 is 5.73 Å². The smallest absolute Gasteiger partial charge is 0.326 e. The van der Waals surface area contributed by atoms with Gasteiger partial charge in [0.25, 0.3) is 5.41 Å². The van der Waals surface area contributed by atoms with Crippen LogP contribution in [-0.4, -0.2) is 24.6 Å². The van der Waals surface area contributed by atoms with Crippen LogP contribution in [0.5, 0.6) is 0 Å². The van der Waals surface area contributed by atoms with Crippen LogP contribution in [0.1, 0.15) is 13.3 Å². The second kappa shape index (κ2) is 5.32. The maximum Gasteiger partial charge on any atom is 0.413 e. The highest BCUT2D eigenvalue weighted by molar-refractivity contribution is 5.85. The summed E-state index contributed by atoms with van der Waals surface area (Å²) < 4.78 is 111. The molecule has 0 aromatic rings. The van der Waals surface area contributed by atoms with Gasteiger partial charge in [-0.1, -0.05) is 6.92 Å². The third-order valence-corrected chi connectivity index (χ3v) is 2.34. The number of rotatable bonds is 2. The molecule has 0 bridgehead atoms. The van der Waals surface area contributed by atoms with E-state index in [0.717, 1.165) is 0 Å². The van der Waals surface area contributed by atoms with Crippen LogP contribution in [0.3, 0.4) is 0 Å². The van der Waals surface area contributed by atoms with E-state index >= 15 is 0 Å². The van der Waals surface area contributed by atoms with Crippen molar-refractivity contribution < 1.29 is 39.5 Å². The molecule has 0 fully saturated rings. The summed E-state index contributed by atoms with van der Waals surface area (Å²) in [4.78, 5) is 0. The molecule has 2 N–H and O–H groups in total. The minimum atomic E-state index is -6.57. The summed E-state index contributed by atoms with van der Waals surface area (Å²) in [6.45, 7) is 0.711. The van der Waals surface area contributed by atoms with Crippen molar-refractivity contribution in [3.8, 4) is 0 Å². The SMILES string of the molecule is CCC(N)C(C(F)(F)F)(C(F)(F)F)C(F)(F)F.Cl. The van der Waals surface area contributed by atoms with E-state index in [0.29, 0.717) is 6.92 Å². The molecule has 0 radical (unpaired) electrons. The first-order valence-electron chi connectivity index (χ1n) is 4.19. The van der Waals surface area contributed by atoms with Crippen molar-refractivity contribution in [2.75, 3.05) is 0 Å². The van der Waals surface area contributed by atoms with Crippen molar-refractivity contribution in [1.29, 1.82) is 0 Å². The quantitative estimate of drug-likeness (QED) is 0.771. The molecule has 11 heteroatoms. The predicted molar refractivity (Wildman–Crippen MR) is 46.1 cm³/mol. The Morgan fingerprint density at radius 1 is 0.778 bits per heavy atom. The van der Waals surface area contributed by atoms with Gasteiger partial charge in [-0.05, 0) is 6.42 Å². The first-order chi connectivity index (χ1) is 7.23. The Morgan fingerprint density at radius 3 is 1.06 bits per heavy atom. The van der Waals surface area contributed by atoms with Gasteiger partial charge in [0.05, 0.1) is 0 Å². The van der Waals surface area contributed by atoms with Gasteiger partial charge in [0, 0.05) is 6.04 Å². The predicted octanol–water partition coefficient (Wildman–Crippen LogP) is 3.82. The lowest BCUT2D eigenvalue weighted by Gasteiger charge is -2.42. The minimum Gasteiger partial charge on any atom is -0.326 e. The van der Waals surface area contributed by atoms with E-state index in [2.05, 4.69) is 5.73 Å². The highest BCUT2D eigenvalue weighted by atomic mass is 35.5. The molecule has 0 aromatic heterocycles. The van der Waals surface area contributed by atoms with E-state index < -0.39 is 36.4 Å². The molecule has 1 nitrogen and oxygen atoms in total. The molecular formula is C7H9ClF9N. The first-order valence-corrected chi connectivity index (χ1v) is 4.19. The van der Waals surface area contributed by atoms with E-state index in [1.807, 2.05) is 0 Å². The van der Waals surface area contributed by atoms with Crippen LogP contribution in [0.4, 0.5) is 39.5 Å². The van der Waals surface area contributed by atoms with Crippen LogP contribution in [0, 0.1) is 5.41 Å². The van der Waals surface area contributed by atoms with Crippen molar-refractivity contribution >= 4 is 12.4 Å². The lowest BCUT2D eigenvalue weighted by molar-refractivity contribution is -0.432. The summed E-state index contributed by atoms with van der Waals surface area (Å²) in [6, 6.07) is -3.15. The maximum atomic E-state index is 12.3. The summed E-state index contributed by atoms with van der Waals surface area (Å²) >= 11 is 0. The zero-order valence-electron chi connectivity index (χ0n) is 8.67. The Labute approximate surface area is 102 Å². The van der Waals surface area contributed by atoms with E-state index in [1.54, 1.807) is 0 Å². The fourth-order valence-electron chi connectivity index (χ4n) is 1.42. The molecule has 1 atom stereocenters. The Kier molecular flexibility index (Phi) is 5.89. The third kappa shape index (κ3) is 2.79. The fourth-order valence-corrected chi connectivity index (χ4v) is 1.42. The molecule has 18 heavy (non-hydrogen) atoms. The first kappa shape index (κ1) is 19.9. The zero-order chi connectivity index (χ0) is 14.3. The highest BCUT2D eigenvalue weighted by Crippen LogP contribution is 2.61. The second-order valence-electron chi connectivity index (χ2n) is 3.32. The van der Waals surface area contributed by atoms with Gasteiger partial charge in [0.2, 0.25) is 0 Å². The van der Waals surface area contributed by atoms with Crippen molar-refractivity contribution in [2.45, 2.75) is 37.9 Å². The number of hydrogen-bond acceptors (Lipinski definition) is 1. The van der Waals surface area contributed by atoms with Gasteiger partial charge >= 0.3 is 18.5 Å². The van der Waals surface area contributed by atoms with Gasteiger partial charge in [-0.3, -0.25) is 0 Å². The molecule has 1 unspecified atom stereocenters. The van der Waals surface area contributed by atoms with Gasteiger partial charge in [0.1, 0.15) is 0 Å². The highest BCUT2D eigenvalue weighted by Gasteiger charge is 2.85. The zero-order valence-corrected chi connectivity index (χ0v) is 9.49. The number of nitrogens with two attached hydrogens (primary N) is 1. The van der Waals surface area contributed by atoms with Crippen molar-refractivity contribution in [3.63, 3.8) is 0 Å². The Balaban J connectivity index is 0. The van der Waals surface area contributed by atoms with Crippen molar-refractivity contribution in [1.82, 2.24) is 0 Å². The molecule has 0 saturated heterocycles. The summed E-state index contributed by atoms with van der Waals surface area (Å²) in [6.07, 6.45) is -20.8. The van der Waals surface area contributed by atoms with E-state index in [-0.39, 0.29) is 12.4 Å². The van der Waals surface area contributed by atoms with Gasteiger partial charge in [-0.2, -0.15) is 39.5 Å². The molecule has 0 aliphatic carbocycles. The summed E-state index contributed by atoms with van der Waals surface area (Å²) in [5, 5.41) is 0. The Hall–Kier alpha value is -0.380. The average Bonchev–Trinajstić information content (AvgIpc) is 1.95. The van der Waals surface area contributed by atoms with Crippen LogP contribution in [-0.2, 0) is 0 Å². The molecule has 0 spiro atoms. The molecule has 0 aliphatic heterocycles. The number of alkyl halides is 9. The molecule has 0 amide bonds. The largest absolute Gasteiger partial charge is 0.413 e. The molecule has 0 heterocycles. The van der Waals surface area contributed by atoms with Crippen LogP contribution in [0.15, 0.2) is 0 Å². The van der Waals surface area contributed by atoms with Gasteiger partial charge in [-0.15, -0.1) is 12.4 Å². The van der Waals surface area contributed by atoms with Gasteiger partial charge in [-0.25, -0.2) is 0 Å². The minimum absolute atomic E-state index is 0. The molecule has 112 valence electrons. The molecule has 0 aromatic carbocycles. The van der Waals surface area contributed by atoms with E-state index in [1.165, 1.54) is 0 Å². The Morgan fingerprint density at radius 2 is 1.00 bits per heavy atom. The average molecular weight is 314 g/mol. The van der Waals surface area contributed by atoms with Gasteiger partial charge < -0.3 is 5.73 Å². The van der Waals surface area contributed by atoms with Crippen molar-refractivity contribution in [2.24, 2.45) is 11.1 Å². The van der Waals surface area contributed by atoms with Crippen LogP contribution in [0.25, 0.3) is 0 Å². The Bertz CT molecular complexity index is 230. The summed E-state index contributed by atoms with van der Waals surface area (Å²) in [7, 11) is 0. The number of hydrogen-bond donors (Lipinski definition) is 1. The lowest BCUT2D eigenvalue weighted by atomic mass is 9.77. The van der Waals surface area contributed by atoms with E-state index in [9.17, 15) is 39.5 Å². The molecular weight excluding hydrogens is 305 g/mol. The fraction of sp³-hybridized carbons (Fsp3) is 1.00. The second-order valence-corrected chi connectivity index (χ2v) is 3.32. The molecule has 0 rings (SSSR count). The number of halogens is 10. The van der Waals surface area contributed by atoms with Crippen molar-refractivity contribution in [3.05, 3.63) is 0 Å². The van der Waals surface area contributed by atoms with Crippen LogP contribution in [0.2, 0.25) is 0 Å². The standard InChI is InChI=1S/C7H8F9N.ClH/c1-2-3(17)4(5(8,9)10,6(11,12)13)7(14,15)16;/h3H,2,17H2,1H3;1H. The lowest BCUT2D eigenvalue weighted by Crippen LogP contribution is -2.68. The topological polar surface area (TPSA) is 26.0 Å². The monoisotopic (exact) mass is 313 g/mol. The van der Waals surface area contributed by atoms with E-state index in [4.69, 9.17) is 0 Å².